The fraction of sp³-hybridized carbons (Fsp3) is 1.00. The highest BCUT2D eigenvalue weighted by atomic mass is 19.4. The molecule has 1 fully saturated rings. The molecule has 0 amide bonds. The zero-order chi connectivity index (χ0) is 12.2. The normalized spacial score (nSPS) is 20.6. The molecule has 1 saturated carbocycles. The van der Waals surface area contributed by atoms with Crippen molar-refractivity contribution in [2.24, 2.45) is 11.1 Å². The molecule has 16 heavy (non-hydrogen) atoms. The lowest BCUT2D eigenvalue weighted by Crippen LogP contribution is -2.40. The van der Waals surface area contributed by atoms with Crippen LogP contribution in [0.1, 0.15) is 32.1 Å². The van der Waals surface area contributed by atoms with E-state index in [9.17, 15) is 13.2 Å². The van der Waals surface area contributed by atoms with Gasteiger partial charge in [0.25, 0.3) is 0 Å². The van der Waals surface area contributed by atoms with E-state index >= 15 is 0 Å². The van der Waals surface area contributed by atoms with Crippen molar-refractivity contribution < 1.29 is 13.2 Å². The second-order valence-electron chi connectivity index (χ2n) is 5.01. The molecule has 0 radical (unpaired) electrons. The highest BCUT2D eigenvalue weighted by Gasteiger charge is 2.34. The Morgan fingerprint density at radius 2 is 1.81 bits per heavy atom. The number of nitrogens with zero attached hydrogens (tertiary/aromatic N) is 1. The average molecular weight is 238 g/mol. The van der Waals surface area contributed by atoms with Crippen LogP contribution in [0.3, 0.4) is 0 Å². The van der Waals surface area contributed by atoms with Crippen LogP contribution in [0.5, 0.6) is 0 Å². The van der Waals surface area contributed by atoms with E-state index in [0.717, 1.165) is 25.7 Å². The molecule has 2 N–H and O–H groups in total. The van der Waals surface area contributed by atoms with E-state index in [-0.39, 0.29) is 12.0 Å². The van der Waals surface area contributed by atoms with Crippen LogP contribution >= 0.6 is 0 Å². The van der Waals surface area contributed by atoms with Crippen molar-refractivity contribution in [3.63, 3.8) is 0 Å². The molecule has 1 rings (SSSR count). The Labute approximate surface area is 95.0 Å². The first-order valence-corrected chi connectivity index (χ1v) is 5.82. The molecular weight excluding hydrogens is 217 g/mol. The Hall–Kier alpha value is -0.290. The maximum atomic E-state index is 12.1. The van der Waals surface area contributed by atoms with Gasteiger partial charge >= 0.3 is 6.18 Å². The quantitative estimate of drug-likeness (QED) is 0.797. The zero-order valence-corrected chi connectivity index (χ0v) is 9.82. The first-order valence-electron chi connectivity index (χ1n) is 5.82. The number of rotatable bonds is 5. The van der Waals surface area contributed by atoms with Gasteiger partial charge in [-0.2, -0.15) is 13.2 Å². The number of hydrogen-bond acceptors (Lipinski definition) is 2. The molecule has 0 aromatic carbocycles. The Balaban J connectivity index is 2.35. The van der Waals surface area contributed by atoms with Crippen molar-refractivity contribution in [1.29, 1.82) is 0 Å². The molecule has 0 saturated heterocycles. The van der Waals surface area contributed by atoms with Gasteiger partial charge < -0.3 is 10.6 Å². The van der Waals surface area contributed by atoms with Crippen molar-refractivity contribution >= 4 is 0 Å². The van der Waals surface area contributed by atoms with Crippen LogP contribution in [0, 0.1) is 5.41 Å². The largest absolute Gasteiger partial charge is 0.390 e. The minimum Gasteiger partial charge on any atom is -0.330 e. The third-order valence-corrected chi connectivity index (χ3v) is 3.48. The van der Waals surface area contributed by atoms with E-state index in [1.807, 2.05) is 0 Å². The highest BCUT2D eigenvalue weighted by molar-refractivity contribution is 4.87. The van der Waals surface area contributed by atoms with E-state index in [4.69, 9.17) is 5.73 Å². The number of nitrogens with two attached hydrogens (primary N) is 1. The third kappa shape index (κ3) is 4.29. The molecule has 1 aliphatic rings. The Morgan fingerprint density at radius 1 is 1.25 bits per heavy atom. The standard InChI is InChI=1S/C11H21F3N2/c1-16(7-6-11(12,13)14)9-10(8-15)4-2-3-5-10/h2-9,15H2,1H3. The Kier molecular flexibility index (Phi) is 4.62. The average Bonchev–Trinajstić information content (AvgIpc) is 2.63. The van der Waals surface area contributed by atoms with Gasteiger partial charge in [0, 0.05) is 13.1 Å². The van der Waals surface area contributed by atoms with Crippen molar-refractivity contribution in [2.45, 2.75) is 38.3 Å². The van der Waals surface area contributed by atoms with Crippen molar-refractivity contribution in [1.82, 2.24) is 4.90 Å². The summed E-state index contributed by atoms with van der Waals surface area (Å²) < 4.78 is 36.2. The molecule has 2 nitrogen and oxygen atoms in total. The van der Waals surface area contributed by atoms with Gasteiger partial charge in [0.15, 0.2) is 0 Å². The summed E-state index contributed by atoms with van der Waals surface area (Å²) in [4.78, 5) is 1.77. The summed E-state index contributed by atoms with van der Waals surface area (Å²) >= 11 is 0. The first-order chi connectivity index (χ1) is 7.37. The van der Waals surface area contributed by atoms with Crippen molar-refractivity contribution in [2.75, 3.05) is 26.7 Å². The summed E-state index contributed by atoms with van der Waals surface area (Å²) in [5, 5.41) is 0. The second-order valence-corrected chi connectivity index (χ2v) is 5.01. The van der Waals surface area contributed by atoms with Crippen LogP contribution in [-0.4, -0.2) is 37.8 Å². The van der Waals surface area contributed by atoms with Crippen molar-refractivity contribution in [3.05, 3.63) is 0 Å². The van der Waals surface area contributed by atoms with E-state index in [2.05, 4.69) is 0 Å². The van der Waals surface area contributed by atoms with Crippen LogP contribution in [0.2, 0.25) is 0 Å². The minimum atomic E-state index is -4.06. The second kappa shape index (κ2) is 5.36. The highest BCUT2D eigenvalue weighted by Crippen LogP contribution is 2.37. The van der Waals surface area contributed by atoms with Crippen molar-refractivity contribution in [3.8, 4) is 0 Å². The summed E-state index contributed by atoms with van der Waals surface area (Å²) in [6.45, 7) is 1.36. The lowest BCUT2D eigenvalue weighted by atomic mass is 9.86. The molecule has 0 atom stereocenters. The first kappa shape index (κ1) is 13.8. The van der Waals surface area contributed by atoms with Gasteiger partial charge in [0.1, 0.15) is 0 Å². The van der Waals surface area contributed by atoms with Gasteiger partial charge in [0.2, 0.25) is 0 Å². The molecule has 96 valence electrons. The molecule has 0 spiro atoms. The fourth-order valence-corrected chi connectivity index (χ4v) is 2.52. The molecule has 0 aromatic rings. The topological polar surface area (TPSA) is 29.3 Å². The lowest BCUT2D eigenvalue weighted by molar-refractivity contribution is -0.138. The molecule has 0 bridgehead atoms. The predicted molar refractivity (Wildman–Crippen MR) is 58.1 cm³/mol. The summed E-state index contributed by atoms with van der Waals surface area (Å²) in [5.74, 6) is 0. The molecule has 0 aliphatic heterocycles. The van der Waals surface area contributed by atoms with E-state index < -0.39 is 12.6 Å². The molecule has 0 unspecified atom stereocenters. The van der Waals surface area contributed by atoms with Gasteiger partial charge in [-0.25, -0.2) is 0 Å². The molecule has 5 heteroatoms. The summed E-state index contributed by atoms with van der Waals surface area (Å²) in [6.07, 6.45) is -0.363. The van der Waals surface area contributed by atoms with Gasteiger partial charge in [-0.3, -0.25) is 0 Å². The molecular formula is C11H21F3N2. The number of halogens is 3. The van der Waals surface area contributed by atoms with E-state index in [0.29, 0.717) is 13.1 Å². The van der Waals surface area contributed by atoms with Gasteiger partial charge in [0.05, 0.1) is 6.42 Å². The van der Waals surface area contributed by atoms with Crippen LogP contribution in [-0.2, 0) is 0 Å². The summed E-state index contributed by atoms with van der Waals surface area (Å²) in [7, 11) is 1.75. The maximum absolute atomic E-state index is 12.1. The minimum absolute atomic E-state index is 0.0698. The number of hydrogen-bond donors (Lipinski definition) is 1. The van der Waals surface area contributed by atoms with E-state index in [1.165, 1.54) is 0 Å². The monoisotopic (exact) mass is 238 g/mol. The summed E-state index contributed by atoms with van der Waals surface area (Å²) in [5.41, 5.74) is 5.82. The Morgan fingerprint density at radius 3 is 2.25 bits per heavy atom. The fourth-order valence-electron chi connectivity index (χ4n) is 2.52. The molecule has 0 heterocycles. The SMILES string of the molecule is CN(CCC(F)(F)F)CC1(CN)CCCC1. The van der Waals surface area contributed by atoms with E-state index in [1.54, 1.807) is 11.9 Å². The number of alkyl halides is 3. The van der Waals surface area contributed by atoms with Crippen LogP contribution in [0.4, 0.5) is 13.2 Å². The Bertz CT molecular complexity index is 210. The van der Waals surface area contributed by atoms with Crippen LogP contribution in [0.15, 0.2) is 0 Å². The molecule has 1 aliphatic carbocycles. The smallest absolute Gasteiger partial charge is 0.330 e. The van der Waals surface area contributed by atoms with Gasteiger partial charge in [-0.05, 0) is 31.8 Å². The lowest BCUT2D eigenvalue weighted by Gasteiger charge is -2.32. The molecule has 0 aromatic heterocycles. The maximum Gasteiger partial charge on any atom is 0.390 e. The van der Waals surface area contributed by atoms with Crippen LogP contribution in [0.25, 0.3) is 0 Å². The zero-order valence-electron chi connectivity index (χ0n) is 9.82. The summed E-state index contributed by atoms with van der Waals surface area (Å²) in [6, 6.07) is 0. The third-order valence-electron chi connectivity index (χ3n) is 3.48. The van der Waals surface area contributed by atoms with Gasteiger partial charge in [-0.1, -0.05) is 12.8 Å². The van der Waals surface area contributed by atoms with Crippen LogP contribution < -0.4 is 5.73 Å². The van der Waals surface area contributed by atoms with Gasteiger partial charge in [-0.15, -0.1) is 0 Å². The predicted octanol–water partition coefficient (Wildman–Crippen LogP) is 2.39.